The van der Waals surface area contributed by atoms with Gasteiger partial charge in [0.2, 0.25) is 0 Å². The molecule has 0 fully saturated rings. The van der Waals surface area contributed by atoms with Crippen molar-refractivity contribution in [3.05, 3.63) is 58.4 Å². The molecule has 0 bridgehead atoms. The van der Waals surface area contributed by atoms with E-state index in [9.17, 15) is 9.59 Å². The molecule has 1 aromatic carbocycles. The van der Waals surface area contributed by atoms with Crippen molar-refractivity contribution in [2.45, 2.75) is 0 Å². The van der Waals surface area contributed by atoms with Crippen LogP contribution < -0.4 is 5.56 Å². The summed E-state index contributed by atoms with van der Waals surface area (Å²) in [5.74, 6) is -1.10. The fourth-order valence-corrected chi connectivity index (χ4v) is 1.64. The van der Waals surface area contributed by atoms with Crippen molar-refractivity contribution in [2.75, 3.05) is 0 Å². The van der Waals surface area contributed by atoms with E-state index in [0.717, 1.165) is 11.6 Å². The lowest BCUT2D eigenvalue weighted by atomic mass is 10.1. The molecule has 1 heterocycles. The summed E-state index contributed by atoms with van der Waals surface area (Å²) in [6.07, 6.45) is 0. The van der Waals surface area contributed by atoms with E-state index in [2.05, 4.69) is 0 Å². The van der Waals surface area contributed by atoms with Gasteiger partial charge < -0.3 is 9.67 Å². The van der Waals surface area contributed by atoms with Crippen LogP contribution in [0.15, 0.2) is 47.3 Å². The summed E-state index contributed by atoms with van der Waals surface area (Å²) in [7, 11) is 1.62. The van der Waals surface area contributed by atoms with Crippen molar-refractivity contribution in [2.24, 2.45) is 7.05 Å². The minimum Gasteiger partial charge on any atom is -0.478 e. The van der Waals surface area contributed by atoms with Crippen LogP contribution in [0.25, 0.3) is 11.3 Å². The Hall–Kier alpha value is -2.36. The number of carbonyl (C=O) groups is 1. The van der Waals surface area contributed by atoms with Crippen LogP contribution >= 0.6 is 0 Å². The number of hydrogen-bond donors (Lipinski definition) is 1. The molecule has 0 radical (unpaired) electrons. The normalized spacial score (nSPS) is 10.2. The number of rotatable bonds is 2. The van der Waals surface area contributed by atoms with Gasteiger partial charge in [0.15, 0.2) is 0 Å². The number of benzene rings is 1. The molecule has 2 aromatic rings. The van der Waals surface area contributed by atoms with Gasteiger partial charge in [-0.2, -0.15) is 0 Å². The van der Waals surface area contributed by atoms with E-state index in [0.29, 0.717) is 5.69 Å². The molecular weight excluding hydrogens is 218 g/mol. The SMILES string of the molecule is Cn1c(-c2ccccc2)cc(C(=O)O)cc1=O. The summed E-state index contributed by atoms with van der Waals surface area (Å²) in [6.45, 7) is 0. The van der Waals surface area contributed by atoms with E-state index >= 15 is 0 Å². The number of aromatic carboxylic acids is 1. The van der Waals surface area contributed by atoms with Crippen LogP contribution in [0.2, 0.25) is 0 Å². The second-order valence-electron chi connectivity index (χ2n) is 3.70. The monoisotopic (exact) mass is 229 g/mol. The van der Waals surface area contributed by atoms with E-state index < -0.39 is 5.97 Å². The second kappa shape index (κ2) is 4.25. The Morgan fingerprint density at radius 1 is 1.18 bits per heavy atom. The summed E-state index contributed by atoms with van der Waals surface area (Å²) >= 11 is 0. The van der Waals surface area contributed by atoms with E-state index in [4.69, 9.17) is 5.11 Å². The molecule has 86 valence electrons. The lowest BCUT2D eigenvalue weighted by molar-refractivity contribution is 0.0696. The first-order valence-electron chi connectivity index (χ1n) is 5.09. The molecule has 4 nitrogen and oxygen atoms in total. The smallest absolute Gasteiger partial charge is 0.335 e. The Morgan fingerprint density at radius 2 is 1.82 bits per heavy atom. The lowest BCUT2D eigenvalue weighted by Gasteiger charge is -2.08. The fourth-order valence-electron chi connectivity index (χ4n) is 1.64. The quantitative estimate of drug-likeness (QED) is 0.853. The molecule has 1 N–H and O–H groups in total. The standard InChI is InChI=1S/C13H11NO3/c1-14-11(9-5-3-2-4-6-9)7-10(13(16)17)8-12(14)15/h2-8H,1H3,(H,16,17). The van der Waals surface area contributed by atoms with E-state index in [1.807, 2.05) is 30.3 Å². The first-order chi connectivity index (χ1) is 8.09. The highest BCUT2D eigenvalue weighted by Crippen LogP contribution is 2.17. The molecule has 0 saturated heterocycles. The van der Waals surface area contributed by atoms with Gasteiger partial charge in [0.25, 0.3) is 5.56 Å². The number of aromatic nitrogens is 1. The third kappa shape index (κ3) is 2.10. The van der Waals surface area contributed by atoms with Crippen LogP contribution in [-0.2, 0) is 7.05 Å². The molecule has 1 aromatic heterocycles. The minimum absolute atomic E-state index is 0.00644. The Labute approximate surface area is 97.8 Å². The van der Waals surface area contributed by atoms with E-state index in [1.165, 1.54) is 10.6 Å². The largest absolute Gasteiger partial charge is 0.478 e. The van der Waals surface area contributed by atoms with Gasteiger partial charge in [-0.3, -0.25) is 4.79 Å². The van der Waals surface area contributed by atoms with Crippen molar-refractivity contribution < 1.29 is 9.90 Å². The second-order valence-corrected chi connectivity index (χ2v) is 3.70. The maximum absolute atomic E-state index is 11.6. The molecule has 4 heteroatoms. The van der Waals surface area contributed by atoms with Crippen LogP contribution in [0.4, 0.5) is 0 Å². The van der Waals surface area contributed by atoms with Gasteiger partial charge in [-0.25, -0.2) is 4.79 Å². The fraction of sp³-hybridized carbons (Fsp3) is 0.0769. The molecule has 2 rings (SSSR count). The lowest BCUT2D eigenvalue weighted by Crippen LogP contribution is -2.19. The summed E-state index contributed by atoms with van der Waals surface area (Å²) in [6, 6.07) is 11.8. The van der Waals surface area contributed by atoms with Crippen LogP contribution in [0.5, 0.6) is 0 Å². The molecular formula is C13H11NO3. The van der Waals surface area contributed by atoms with Crippen LogP contribution in [0.3, 0.4) is 0 Å². The molecule has 0 aliphatic rings. The average Bonchev–Trinajstić information content (AvgIpc) is 2.33. The molecule has 0 atom stereocenters. The summed E-state index contributed by atoms with van der Waals surface area (Å²) in [5.41, 5.74) is 1.08. The highest BCUT2D eigenvalue weighted by Gasteiger charge is 2.10. The number of hydrogen-bond acceptors (Lipinski definition) is 2. The molecule has 0 spiro atoms. The van der Waals surface area contributed by atoms with Gasteiger partial charge in [-0.15, -0.1) is 0 Å². The predicted octanol–water partition coefficient (Wildman–Crippen LogP) is 1.75. The first-order valence-corrected chi connectivity index (χ1v) is 5.09. The van der Waals surface area contributed by atoms with E-state index in [-0.39, 0.29) is 11.1 Å². The maximum atomic E-state index is 11.6. The number of carboxylic acid groups (broad SMARTS) is 1. The summed E-state index contributed by atoms with van der Waals surface area (Å²) in [5, 5.41) is 8.92. The van der Waals surface area contributed by atoms with Crippen LogP contribution in [-0.4, -0.2) is 15.6 Å². The molecule has 0 saturated carbocycles. The number of carboxylic acids is 1. The molecule has 0 unspecified atom stereocenters. The van der Waals surface area contributed by atoms with Crippen LogP contribution in [0.1, 0.15) is 10.4 Å². The third-order valence-electron chi connectivity index (χ3n) is 2.58. The minimum atomic E-state index is -1.10. The third-order valence-corrected chi connectivity index (χ3v) is 2.58. The van der Waals surface area contributed by atoms with Crippen molar-refractivity contribution in [1.82, 2.24) is 4.57 Å². The molecule has 0 amide bonds. The zero-order valence-electron chi connectivity index (χ0n) is 9.25. The van der Waals surface area contributed by atoms with Gasteiger partial charge in [-0.1, -0.05) is 30.3 Å². The zero-order chi connectivity index (χ0) is 12.4. The van der Waals surface area contributed by atoms with Crippen LogP contribution in [0, 0.1) is 0 Å². The Kier molecular flexibility index (Phi) is 2.78. The zero-order valence-corrected chi connectivity index (χ0v) is 9.25. The molecule has 17 heavy (non-hydrogen) atoms. The summed E-state index contributed by atoms with van der Waals surface area (Å²) < 4.78 is 1.43. The van der Waals surface area contributed by atoms with Crippen molar-refractivity contribution in [1.29, 1.82) is 0 Å². The number of nitrogens with zero attached hydrogens (tertiary/aromatic N) is 1. The maximum Gasteiger partial charge on any atom is 0.335 e. The topological polar surface area (TPSA) is 59.3 Å². The number of pyridine rings is 1. The van der Waals surface area contributed by atoms with Crippen molar-refractivity contribution in [3.8, 4) is 11.3 Å². The van der Waals surface area contributed by atoms with Gasteiger partial charge in [-0.05, 0) is 11.6 Å². The summed E-state index contributed by atoms with van der Waals surface area (Å²) in [4.78, 5) is 22.5. The van der Waals surface area contributed by atoms with Crippen molar-refractivity contribution in [3.63, 3.8) is 0 Å². The van der Waals surface area contributed by atoms with Crippen molar-refractivity contribution >= 4 is 5.97 Å². The highest BCUT2D eigenvalue weighted by molar-refractivity contribution is 5.88. The Balaban J connectivity index is 2.69. The molecule has 0 aliphatic heterocycles. The van der Waals surface area contributed by atoms with Gasteiger partial charge in [0.05, 0.1) is 11.3 Å². The van der Waals surface area contributed by atoms with Gasteiger partial charge >= 0.3 is 5.97 Å². The highest BCUT2D eigenvalue weighted by atomic mass is 16.4. The Bertz CT molecular complexity index is 614. The van der Waals surface area contributed by atoms with Gasteiger partial charge in [0, 0.05) is 13.1 Å². The predicted molar refractivity (Wildman–Crippen MR) is 64.1 cm³/mol. The van der Waals surface area contributed by atoms with Gasteiger partial charge in [0.1, 0.15) is 0 Å². The first kappa shape index (κ1) is 11.1. The Morgan fingerprint density at radius 3 is 2.41 bits per heavy atom. The van der Waals surface area contributed by atoms with E-state index in [1.54, 1.807) is 7.05 Å². The molecule has 0 aliphatic carbocycles. The average molecular weight is 229 g/mol.